The molecule has 0 saturated carbocycles. The maximum atomic E-state index is 14.2. The van der Waals surface area contributed by atoms with Crippen molar-refractivity contribution in [2.75, 3.05) is 25.1 Å². The highest BCUT2D eigenvalue weighted by Crippen LogP contribution is 2.32. The largest absolute Gasteiger partial charge is 0.493 e. The highest BCUT2D eigenvalue weighted by molar-refractivity contribution is 7.92. The number of halogens is 1. The molecule has 11 heteroatoms. The number of anilines is 1. The van der Waals surface area contributed by atoms with Crippen molar-refractivity contribution in [2.24, 2.45) is 0 Å². The molecule has 0 unspecified atom stereocenters. The summed E-state index contributed by atoms with van der Waals surface area (Å²) in [6.07, 6.45) is 0.290. The van der Waals surface area contributed by atoms with Crippen molar-refractivity contribution in [1.82, 2.24) is 10.2 Å². The van der Waals surface area contributed by atoms with E-state index >= 15 is 0 Å². The molecule has 232 valence electrons. The van der Waals surface area contributed by atoms with E-state index in [9.17, 15) is 22.4 Å². The van der Waals surface area contributed by atoms with Crippen LogP contribution in [0.25, 0.3) is 0 Å². The van der Waals surface area contributed by atoms with Gasteiger partial charge < -0.3 is 19.7 Å². The zero-order valence-electron chi connectivity index (χ0n) is 25.7. The van der Waals surface area contributed by atoms with Crippen molar-refractivity contribution >= 4 is 27.5 Å². The van der Waals surface area contributed by atoms with E-state index in [1.54, 1.807) is 6.92 Å². The number of carbonyl (C=O) groups excluding carboxylic acids is 2. The predicted molar refractivity (Wildman–Crippen MR) is 164 cm³/mol. The molecule has 43 heavy (non-hydrogen) atoms. The van der Waals surface area contributed by atoms with Gasteiger partial charge in [-0.05, 0) is 76.1 Å². The molecule has 0 fully saturated rings. The summed E-state index contributed by atoms with van der Waals surface area (Å²) < 4.78 is 53.5. The second-order valence-corrected chi connectivity index (χ2v) is 13.0. The molecule has 0 bridgehead atoms. The summed E-state index contributed by atoms with van der Waals surface area (Å²) in [7, 11) is -1.58. The van der Waals surface area contributed by atoms with Crippen molar-refractivity contribution < 1.29 is 31.9 Å². The lowest BCUT2D eigenvalue weighted by Crippen LogP contribution is -2.55. The average molecular weight is 614 g/mol. The summed E-state index contributed by atoms with van der Waals surface area (Å²) in [5.41, 5.74) is 1.33. The minimum atomic E-state index is -4.39. The van der Waals surface area contributed by atoms with Crippen LogP contribution in [-0.2, 0) is 26.2 Å². The monoisotopic (exact) mass is 613 g/mol. The fourth-order valence-electron chi connectivity index (χ4n) is 4.50. The number of methoxy groups -OCH3 is 2. The molecule has 3 aromatic rings. The first-order chi connectivity index (χ1) is 20.2. The molecule has 1 atom stereocenters. The number of amides is 2. The fraction of sp³-hybridized carbons (Fsp3) is 0.375. The van der Waals surface area contributed by atoms with Crippen LogP contribution < -0.4 is 19.1 Å². The average Bonchev–Trinajstić information content (AvgIpc) is 2.95. The normalized spacial score (nSPS) is 12.3. The van der Waals surface area contributed by atoms with Crippen molar-refractivity contribution in [3.63, 3.8) is 0 Å². The minimum Gasteiger partial charge on any atom is -0.493 e. The molecule has 0 aliphatic rings. The van der Waals surface area contributed by atoms with Gasteiger partial charge >= 0.3 is 0 Å². The molecule has 2 amide bonds. The first-order valence-electron chi connectivity index (χ1n) is 13.9. The van der Waals surface area contributed by atoms with Crippen molar-refractivity contribution in [1.29, 1.82) is 0 Å². The summed E-state index contributed by atoms with van der Waals surface area (Å²) in [6, 6.07) is 15.5. The quantitative estimate of drug-likeness (QED) is 0.306. The van der Waals surface area contributed by atoms with Gasteiger partial charge in [0.15, 0.2) is 11.5 Å². The van der Waals surface area contributed by atoms with Gasteiger partial charge in [0.2, 0.25) is 11.8 Å². The van der Waals surface area contributed by atoms with Crippen LogP contribution in [0, 0.1) is 12.7 Å². The Hall–Kier alpha value is -4.12. The number of hydrogen-bond acceptors (Lipinski definition) is 6. The summed E-state index contributed by atoms with van der Waals surface area (Å²) in [5.74, 6) is -1.02. The highest BCUT2D eigenvalue weighted by Gasteiger charge is 2.35. The molecular weight excluding hydrogens is 573 g/mol. The van der Waals surface area contributed by atoms with Gasteiger partial charge in [0.05, 0.1) is 24.8 Å². The SMILES string of the molecule is CC[C@H](C(=O)NC(C)(C)C)N(Cc1ccc(C)cc1)C(=O)CN(c1ccc(F)cc1)S(=O)(=O)c1ccc(OC)c(OC)c1. The van der Waals surface area contributed by atoms with E-state index in [-0.39, 0.29) is 28.8 Å². The Kier molecular flexibility index (Phi) is 10.8. The van der Waals surface area contributed by atoms with E-state index in [0.29, 0.717) is 12.2 Å². The summed E-state index contributed by atoms with van der Waals surface area (Å²) in [6.45, 7) is 8.69. The highest BCUT2D eigenvalue weighted by atomic mass is 32.2. The molecule has 0 heterocycles. The number of nitrogens with zero attached hydrogens (tertiary/aromatic N) is 2. The first-order valence-corrected chi connectivity index (χ1v) is 15.3. The van der Waals surface area contributed by atoms with Crippen molar-refractivity contribution in [3.05, 3.63) is 83.7 Å². The third kappa shape index (κ3) is 8.47. The van der Waals surface area contributed by atoms with Crippen LogP contribution in [0.5, 0.6) is 11.5 Å². The van der Waals surface area contributed by atoms with Crippen molar-refractivity contribution in [2.45, 2.75) is 64.1 Å². The predicted octanol–water partition coefficient (Wildman–Crippen LogP) is 5.07. The fourth-order valence-corrected chi connectivity index (χ4v) is 5.93. The van der Waals surface area contributed by atoms with Gasteiger partial charge in [0, 0.05) is 18.2 Å². The van der Waals surface area contributed by atoms with Crippen LogP contribution in [0.4, 0.5) is 10.1 Å². The molecule has 0 aromatic heterocycles. The molecular formula is C32H40FN3O6S. The first kappa shape index (κ1) is 33.4. The van der Waals surface area contributed by atoms with E-state index in [1.165, 1.54) is 49.5 Å². The van der Waals surface area contributed by atoms with Crippen LogP contribution in [-0.4, -0.2) is 57.5 Å². The van der Waals surface area contributed by atoms with Gasteiger partial charge in [0.1, 0.15) is 18.4 Å². The zero-order chi connectivity index (χ0) is 31.9. The number of nitrogens with one attached hydrogen (secondary N) is 1. The molecule has 3 aromatic carbocycles. The smallest absolute Gasteiger partial charge is 0.264 e. The topological polar surface area (TPSA) is 105 Å². The van der Waals surface area contributed by atoms with Gasteiger partial charge in [-0.25, -0.2) is 12.8 Å². The Labute approximate surface area is 253 Å². The second kappa shape index (κ2) is 13.9. The lowest BCUT2D eigenvalue weighted by Gasteiger charge is -2.34. The van der Waals surface area contributed by atoms with Crippen molar-refractivity contribution in [3.8, 4) is 11.5 Å². The lowest BCUT2D eigenvalue weighted by atomic mass is 10.1. The van der Waals surface area contributed by atoms with E-state index in [1.807, 2.05) is 52.0 Å². The number of ether oxygens (including phenoxy) is 2. The number of carbonyl (C=O) groups is 2. The maximum absolute atomic E-state index is 14.2. The second-order valence-electron chi connectivity index (χ2n) is 11.2. The number of hydrogen-bond donors (Lipinski definition) is 1. The van der Waals surface area contributed by atoms with Crippen LogP contribution >= 0.6 is 0 Å². The molecule has 0 spiro atoms. The molecule has 0 aliphatic carbocycles. The number of benzene rings is 3. The summed E-state index contributed by atoms with van der Waals surface area (Å²) >= 11 is 0. The van der Waals surface area contributed by atoms with E-state index in [2.05, 4.69) is 5.32 Å². The molecule has 1 N–H and O–H groups in total. The standard InChI is InChI=1S/C32H40FN3O6S/c1-8-27(31(38)34-32(3,4)5)35(20-23-11-9-22(2)10-12-23)30(37)21-36(25-15-13-24(33)14-16-25)43(39,40)26-17-18-28(41-6)29(19-26)42-7/h9-19,27H,8,20-21H2,1-7H3,(H,34,38)/t27-/m1/s1. The van der Waals surface area contributed by atoms with Gasteiger partial charge in [0.25, 0.3) is 10.0 Å². The van der Waals surface area contributed by atoms with Gasteiger partial charge in [-0.2, -0.15) is 0 Å². The van der Waals surface area contributed by atoms with E-state index in [4.69, 9.17) is 9.47 Å². The molecule has 9 nitrogen and oxygen atoms in total. The minimum absolute atomic E-state index is 0.0723. The summed E-state index contributed by atoms with van der Waals surface area (Å²) in [4.78, 5) is 28.8. The Morgan fingerprint density at radius 3 is 2.07 bits per heavy atom. The molecule has 3 rings (SSSR count). The molecule has 0 radical (unpaired) electrons. The Balaban J connectivity index is 2.10. The van der Waals surface area contributed by atoms with Gasteiger partial charge in [-0.3, -0.25) is 13.9 Å². The Bertz CT molecular complexity index is 1520. The Morgan fingerprint density at radius 2 is 1.53 bits per heavy atom. The Morgan fingerprint density at radius 1 is 0.930 bits per heavy atom. The van der Waals surface area contributed by atoms with Crippen LogP contribution in [0.2, 0.25) is 0 Å². The van der Waals surface area contributed by atoms with E-state index < -0.39 is 39.9 Å². The van der Waals surface area contributed by atoms with Crippen LogP contribution in [0.15, 0.2) is 71.6 Å². The number of sulfonamides is 1. The van der Waals surface area contributed by atoms with Crippen LogP contribution in [0.3, 0.4) is 0 Å². The molecule has 0 saturated heterocycles. The maximum Gasteiger partial charge on any atom is 0.264 e. The van der Waals surface area contributed by atoms with Gasteiger partial charge in [-0.1, -0.05) is 36.8 Å². The van der Waals surface area contributed by atoms with E-state index in [0.717, 1.165) is 27.6 Å². The lowest BCUT2D eigenvalue weighted by molar-refractivity contribution is -0.141. The number of rotatable bonds is 12. The summed E-state index contributed by atoms with van der Waals surface area (Å²) in [5, 5.41) is 2.94. The third-order valence-corrected chi connectivity index (χ3v) is 8.46. The van der Waals surface area contributed by atoms with Crippen LogP contribution in [0.1, 0.15) is 45.2 Å². The van der Waals surface area contributed by atoms with Gasteiger partial charge in [-0.15, -0.1) is 0 Å². The zero-order valence-corrected chi connectivity index (χ0v) is 26.5. The number of aryl methyl sites for hydroxylation is 1. The molecule has 0 aliphatic heterocycles. The third-order valence-electron chi connectivity index (χ3n) is 6.69.